The number of hydrogen-bond acceptors (Lipinski definition) is 5. The van der Waals surface area contributed by atoms with E-state index in [1.165, 1.54) is 16.6 Å². The van der Waals surface area contributed by atoms with E-state index in [9.17, 15) is 9.59 Å². The van der Waals surface area contributed by atoms with Gasteiger partial charge in [-0.15, -0.1) is 11.3 Å². The van der Waals surface area contributed by atoms with E-state index < -0.39 is 0 Å². The number of aromatic nitrogens is 2. The Balaban J connectivity index is 1.72. The number of nitrogens with one attached hydrogen (secondary N) is 1. The van der Waals surface area contributed by atoms with Crippen LogP contribution in [0.1, 0.15) is 23.8 Å². The third kappa shape index (κ3) is 4.57. The number of anilines is 1. The van der Waals surface area contributed by atoms with Crippen LogP contribution in [0.15, 0.2) is 70.6 Å². The molecule has 2 aromatic carbocycles. The van der Waals surface area contributed by atoms with Crippen LogP contribution in [0, 0.1) is 6.92 Å². The van der Waals surface area contributed by atoms with Gasteiger partial charge in [0, 0.05) is 10.6 Å². The monoisotopic (exact) mass is 449 g/mol. The zero-order valence-electron chi connectivity index (χ0n) is 17.4. The van der Waals surface area contributed by atoms with E-state index in [-0.39, 0.29) is 17.2 Å². The molecule has 0 aliphatic heterocycles. The van der Waals surface area contributed by atoms with E-state index >= 15 is 0 Å². The van der Waals surface area contributed by atoms with Crippen LogP contribution in [0.4, 0.5) is 5.69 Å². The number of fused-ring (bicyclic) bond motifs is 1. The molecule has 0 aliphatic carbocycles. The maximum absolute atomic E-state index is 13.5. The van der Waals surface area contributed by atoms with Crippen molar-refractivity contribution in [3.63, 3.8) is 0 Å². The maximum Gasteiger partial charge on any atom is 0.267 e. The Morgan fingerprint density at radius 1 is 1.10 bits per heavy atom. The minimum absolute atomic E-state index is 0.0849. The Morgan fingerprint density at radius 2 is 1.77 bits per heavy atom. The van der Waals surface area contributed by atoms with Crippen molar-refractivity contribution < 1.29 is 4.79 Å². The quantitative estimate of drug-likeness (QED) is 0.301. The number of hydrogen-bond donors (Lipinski definition) is 1. The Morgan fingerprint density at radius 3 is 2.45 bits per heavy atom. The van der Waals surface area contributed by atoms with Crippen LogP contribution >= 0.6 is 23.1 Å². The minimum atomic E-state index is -0.140. The maximum atomic E-state index is 13.5. The van der Waals surface area contributed by atoms with E-state index in [0.29, 0.717) is 10.5 Å². The summed E-state index contributed by atoms with van der Waals surface area (Å²) in [7, 11) is 0. The van der Waals surface area contributed by atoms with Crippen molar-refractivity contribution >= 4 is 44.9 Å². The SMILES string of the molecule is CCCc1sc2nc(SCC(=O)Nc3ccccc3)n(-c3ccccc3)c(=O)c2c1C. The van der Waals surface area contributed by atoms with Crippen molar-refractivity contribution in [2.45, 2.75) is 31.8 Å². The second-order valence-electron chi connectivity index (χ2n) is 7.15. The van der Waals surface area contributed by atoms with Crippen LogP contribution in [-0.4, -0.2) is 21.2 Å². The lowest BCUT2D eigenvalue weighted by Crippen LogP contribution is -2.22. The van der Waals surface area contributed by atoms with E-state index in [4.69, 9.17) is 4.98 Å². The van der Waals surface area contributed by atoms with Gasteiger partial charge in [0.15, 0.2) is 5.16 Å². The van der Waals surface area contributed by atoms with E-state index in [1.807, 2.05) is 67.6 Å². The first kappa shape index (κ1) is 21.3. The predicted molar refractivity (Wildman–Crippen MR) is 130 cm³/mol. The molecule has 7 heteroatoms. The number of benzene rings is 2. The highest BCUT2D eigenvalue weighted by Gasteiger charge is 2.19. The molecule has 0 fully saturated rings. The summed E-state index contributed by atoms with van der Waals surface area (Å²) >= 11 is 2.85. The van der Waals surface area contributed by atoms with Crippen LogP contribution in [0.3, 0.4) is 0 Å². The number of para-hydroxylation sites is 2. The van der Waals surface area contributed by atoms with E-state index in [0.717, 1.165) is 34.6 Å². The van der Waals surface area contributed by atoms with Crippen LogP contribution in [0.2, 0.25) is 0 Å². The van der Waals surface area contributed by atoms with Crippen molar-refractivity contribution in [3.8, 4) is 5.69 Å². The number of thioether (sulfide) groups is 1. The summed E-state index contributed by atoms with van der Waals surface area (Å²) in [4.78, 5) is 32.8. The molecule has 1 amide bonds. The molecule has 0 spiro atoms. The summed E-state index contributed by atoms with van der Waals surface area (Å²) < 4.78 is 1.62. The van der Waals surface area contributed by atoms with Gasteiger partial charge >= 0.3 is 0 Å². The molecule has 4 aromatic rings. The third-order valence-corrected chi connectivity index (χ3v) is 7.10. The lowest BCUT2D eigenvalue weighted by molar-refractivity contribution is -0.113. The van der Waals surface area contributed by atoms with Gasteiger partial charge in [-0.05, 0) is 43.2 Å². The number of carbonyl (C=O) groups is 1. The van der Waals surface area contributed by atoms with E-state index in [2.05, 4.69) is 12.2 Å². The molecule has 2 heterocycles. The largest absolute Gasteiger partial charge is 0.325 e. The van der Waals surface area contributed by atoms with E-state index in [1.54, 1.807) is 15.9 Å². The van der Waals surface area contributed by atoms with Gasteiger partial charge in [0.1, 0.15) is 4.83 Å². The van der Waals surface area contributed by atoms with Gasteiger partial charge in [-0.3, -0.25) is 14.2 Å². The van der Waals surface area contributed by atoms with Crippen LogP contribution in [-0.2, 0) is 11.2 Å². The molecule has 0 unspecified atom stereocenters. The van der Waals surface area contributed by atoms with Crippen molar-refractivity contribution in [2.75, 3.05) is 11.1 Å². The standard InChI is InChI=1S/C24H23N3O2S2/c1-3-10-19-16(2)21-22(31-19)26-24(27(23(21)29)18-13-8-5-9-14-18)30-15-20(28)25-17-11-6-4-7-12-17/h4-9,11-14H,3,10,15H2,1-2H3,(H,25,28). The molecule has 0 aliphatic rings. The average molecular weight is 450 g/mol. The Hall–Kier alpha value is -2.90. The Kier molecular flexibility index (Phi) is 6.53. The van der Waals surface area contributed by atoms with Crippen molar-refractivity contribution in [2.24, 2.45) is 0 Å². The van der Waals surface area contributed by atoms with Crippen molar-refractivity contribution in [1.29, 1.82) is 0 Å². The molecule has 4 rings (SSSR count). The smallest absolute Gasteiger partial charge is 0.267 e. The van der Waals surface area contributed by atoms with Crippen LogP contribution < -0.4 is 10.9 Å². The zero-order valence-corrected chi connectivity index (χ0v) is 19.1. The molecule has 0 atom stereocenters. The van der Waals surface area contributed by atoms with Gasteiger partial charge in [0.25, 0.3) is 5.56 Å². The van der Waals surface area contributed by atoms with Gasteiger partial charge in [-0.25, -0.2) is 4.98 Å². The second kappa shape index (κ2) is 9.49. The summed E-state index contributed by atoms with van der Waals surface area (Å²) in [6.45, 7) is 4.13. The lowest BCUT2D eigenvalue weighted by Gasteiger charge is -2.12. The summed E-state index contributed by atoms with van der Waals surface area (Å²) in [5, 5.41) is 4.08. The predicted octanol–water partition coefficient (Wildman–Crippen LogP) is 5.44. The summed E-state index contributed by atoms with van der Waals surface area (Å²) in [5.41, 5.74) is 2.42. The molecule has 0 bridgehead atoms. The number of amides is 1. The highest BCUT2D eigenvalue weighted by molar-refractivity contribution is 7.99. The first-order chi connectivity index (χ1) is 15.1. The van der Waals surface area contributed by atoms with Crippen LogP contribution in [0.25, 0.3) is 15.9 Å². The van der Waals surface area contributed by atoms with Crippen molar-refractivity contribution in [3.05, 3.63) is 81.5 Å². The Labute approximate surface area is 189 Å². The number of carbonyl (C=O) groups excluding carboxylic acids is 1. The number of nitrogens with zero attached hydrogens (tertiary/aromatic N) is 2. The third-order valence-electron chi connectivity index (χ3n) is 4.91. The fourth-order valence-electron chi connectivity index (χ4n) is 3.43. The van der Waals surface area contributed by atoms with Gasteiger partial charge in [-0.2, -0.15) is 0 Å². The molecule has 31 heavy (non-hydrogen) atoms. The highest BCUT2D eigenvalue weighted by atomic mass is 32.2. The second-order valence-corrected chi connectivity index (χ2v) is 9.18. The summed E-state index contributed by atoms with van der Waals surface area (Å²) in [6.07, 6.45) is 1.95. The molecule has 0 saturated heterocycles. The normalized spacial score (nSPS) is 11.0. The van der Waals surface area contributed by atoms with Gasteiger partial charge < -0.3 is 5.32 Å². The molecule has 0 radical (unpaired) electrons. The van der Waals surface area contributed by atoms with Gasteiger partial charge in [0.2, 0.25) is 5.91 Å². The zero-order chi connectivity index (χ0) is 21.8. The average Bonchev–Trinajstić information content (AvgIpc) is 3.09. The molecule has 5 nitrogen and oxygen atoms in total. The number of thiophene rings is 1. The number of rotatable bonds is 7. The van der Waals surface area contributed by atoms with Gasteiger partial charge in [-0.1, -0.05) is 61.5 Å². The highest BCUT2D eigenvalue weighted by Crippen LogP contribution is 2.31. The fourth-order valence-corrected chi connectivity index (χ4v) is 5.56. The van der Waals surface area contributed by atoms with Crippen molar-refractivity contribution in [1.82, 2.24) is 9.55 Å². The summed E-state index contributed by atoms with van der Waals surface area (Å²) in [6, 6.07) is 18.8. The fraction of sp³-hybridized carbons (Fsp3) is 0.208. The lowest BCUT2D eigenvalue weighted by atomic mass is 10.1. The molecule has 0 saturated carbocycles. The van der Waals surface area contributed by atoms with Gasteiger partial charge in [0.05, 0.1) is 16.8 Å². The number of aryl methyl sites for hydroxylation is 2. The first-order valence-corrected chi connectivity index (χ1v) is 12.0. The molecule has 158 valence electrons. The van der Waals surface area contributed by atoms with Crippen LogP contribution in [0.5, 0.6) is 0 Å². The topological polar surface area (TPSA) is 64.0 Å². The molecular weight excluding hydrogens is 426 g/mol. The minimum Gasteiger partial charge on any atom is -0.325 e. The Bertz CT molecular complexity index is 1260. The molecular formula is C24H23N3O2S2. The first-order valence-electron chi connectivity index (χ1n) is 10.2. The summed E-state index contributed by atoms with van der Waals surface area (Å²) in [5.74, 6) is 0.0189. The molecule has 2 aromatic heterocycles. The molecule has 1 N–H and O–H groups in total.